The number of imidazole rings is 1. The van der Waals surface area contributed by atoms with E-state index < -0.39 is 0 Å². The fourth-order valence-corrected chi connectivity index (χ4v) is 3.51. The molecule has 4 aromatic rings. The first kappa shape index (κ1) is 17.6. The van der Waals surface area contributed by atoms with Crippen molar-refractivity contribution >= 4 is 28.5 Å². The monoisotopic (exact) mass is 386 g/mol. The first-order chi connectivity index (χ1) is 14.3. The van der Waals surface area contributed by atoms with Gasteiger partial charge < -0.3 is 19.5 Å². The summed E-state index contributed by atoms with van der Waals surface area (Å²) in [7, 11) is 2.00. The van der Waals surface area contributed by atoms with E-state index in [-0.39, 0.29) is 0 Å². The summed E-state index contributed by atoms with van der Waals surface area (Å²) in [4.78, 5) is 16.2. The minimum Gasteiger partial charge on any atom is -0.378 e. The average Bonchev–Trinajstić information content (AvgIpc) is 3.15. The quantitative estimate of drug-likeness (QED) is 0.578. The molecule has 0 saturated carbocycles. The Morgan fingerprint density at radius 3 is 2.62 bits per heavy atom. The summed E-state index contributed by atoms with van der Waals surface area (Å²) >= 11 is 0. The third kappa shape index (κ3) is 3.64. The SMILES string of the molecule is Cn1cnc2ccc(-c3cc(Nc4ccccc4)nc(N4CCOCC4)n3)cc21. The summed E-state index contributed by atoms with van der Waals surface area (Å²) in [6.45, 7) is 2.95. The van der Waals surface area contributed by atoms with Crippen molar-refractivity contribution in [3.05, 3.63) is 60.9 Å². The van der Waals surface area contributed by atoms with Crippen LogP contribution in [-0.4, -0.2) is 45.8 Å². The molecule has 7 heteroatoms. The number of fused-ring (bicyclic) bond motifs is 1. The number of nitrogens with one attached hydrogen (secondary N) is 1. The molecule has 0 bridgehead atoms. The number of aryl methyl sites for hydroxylation is 1. The molecule has 1 aliphatic rings. The van der Waals surface area contributed by atoms with Crippen LogP contribution in [0.2, 0.25) is 0 Å². The number of hydrogen-bond acceptors (Lipinski definition) is 6. The molecule has 7 nitrogen and oxygen atoms in total. The molecular formula is C22H22N6O. The predicted molar refractivity (Wildman–Crippen MR) is 114 cm³/mol. The topological polar surface area (TPSA) is 68.1 Å². The van der Waals surface area contributed by atoms with Crippen molar-refractivity contribution in [1.29, 1.82) is 0 Å². The lowest BCUT2D eigenvalue weighted by molar-refractivity contribution is 0.122. The Balaban J connectivity index is 1.58. The maximum Gasteiger partial charge on any atom is 0.228 e. The zero-order valence-electron chi connectivity index (χ0n) is 16.2. The van der Waals surface area contributed by atoms with Gasteiger partial charge in [-0.25, -0.2) is 9.97 Å². The van der Waals surface area contributed by atoms with Crippen molar-refractivity contribution in [2.75, 3.05) is 36.5 Å². The lowest BCUT2D eigenvalue weighted by atomic mass is 10.1. The molecule has 0 unspecified atom stereocenters. The van der Waals surface area contributed by atoms with Crippen molar-refractivity contribution in [2.45, 2.75) is 0 Å². The maximum atomic E-state index is 5.49. The van der Waals surface area contributed by atoms with Crippen LogP contribution in [0.1, 0.15) is 0 Å². The van der Waals surface area contributed by atoms with Gasteiger partial charge in [0.25, 0.3) is 0 Å². The van der Waals surface area contributed by atoms with Crippen LogP contribution in [0, 0.1) is 0 Å². The van der Waals surface area contributed by atoms with Gasteiger partial charge in [0, 0.05) is 37.5 Å². The van der Waals surface area contributed by atoms with Crippen LogP contribution in [0.15, 0.2) is 60.9 Å². The van der Waals surface area contributed by atoms with Crippen molar-refractivity contribution in [3.8, 4) is 11.3 Å². The van der Waals surface area contributed by atoms with Gasteiger partial charge in [-0.15, -0.1) is 0 Å². The Morgan fingerprint density at radius 1 is 0.966 bits per heavy atom. The van der Waals surface area contributed by atoms with Crippen molar-refractivity contribution in [3.63, 3.8) is 0 Å². The molecule has 1 aliphatic heterocycles. The summed E-state index contributed by atoms with van der Waals surface area (Å²) < 4.78 is 7.51. The molecule has 3 heterocycles. The molecule has 1 saturated heterocycles. The van der Waals surface area contributed by atoms with Crippen molar-refractivity contribution in [2.24, 2.45) is 7.05 Å². The smallest absolute Gasteiger partial charge is 0.228 e. The van der Waals surface area contributed by atoms with Gasteiger partial charge in [0.15, 0.2) is 0 Å². The van der Waals surface area contributed by atoms with E-state index in [4.69, 9.17) is 14.7 Å². The lowest BCUT2D eigenvalue weighted by Crippen LogP contribution is -2.37. The van der Waals surface area contributed by atoms with E-state index in [0.29, 0.717) is 19.2 Å². The van der Waals surface area contributed by atoms with Gasteiger partial charge in [0.1, 0.15) is 5.82 Å². The summed E-state index contributed by atoms with van der Waals surface area (Å²) in [5, 5.41) is 3.41. The average molecular weight is 386 g/mol. The third-order valence-corrected chi connectivity index (χ3v) is 5.08. The number of aromatic nitrogens is 4. The minimum absolute atomic E-state index is 0.690. The Morgan fingerprint density at radius 2 is 1.79 bits per heavy atom. The molecule has 0 spiro atoms. The fourth-order valence-electron chi connectivity index (χ4n) is 3.51. The van der Waals surface area contributed by atoms with Crippen LogP contribution in [0.25, 0.3) is 22.3 Å². The number of rotatable bonds is 4. The first-order valence-corrected chi connectivity index (χ1v) is 9.71. The summed E-state index contributed by atoms with van der Waals surface area (Å²) in [6.07, 6.45) is 1.83. The van der Waals surface area contributed by atoms with E-state index in [2.05, 4.69) is 27.3 Å². The third-order valence-electron chi connectivity index (χ3n) is 5.08. The molecule has 0 amide bonds. The Labute approximate surface area is 169 Å². The zero-order chi connectivity index (χ0) is 19.6. The van der Waals surface area contributed by atoms with Crippen LogP contribution in [0.4, 0.5) is 17.5 Å². The fraction of sp³-hybridized carbons (Fsp3) is 0.227. The number of hydrogen-bond donors (Lipinski definition) is 1. The first-order valence-electron chi connectivity index (χ1n) is 9.71. The summed E-state index contributed by atoms with van der Waals surface area (Å²) in [5.41, 5.74) is 4.96. The maximum absolute atomic E-state index is 5.49. The number of ether oxygens (including phenoxy) is 1. The van der Waals surface area contributed by atoms with Gasteiger partial charge in [0.05, 0.1) is 36.3 Å². The second-order valence-corrected chi connectivity index (χ2v) is 7.09. The van der Waals surface area contributed by atoms with E-state index in [0.717, 1.165) is 46.9 Å². The molecule has 1 N–H and O–H groups in total. The molecule has 2 aromatic carbocycles. The lowest BCUT2D eigenvalue weighted by Gasteiger charge is -2.27. The molecule has 146 valence electrons. The van der Waals surface area contributed by atoms with Gasteiger partial charge in [0.2, 0.25) is 5.95 Å². The van der Waals surface area contributed by atoms with Crippen LogP contribution in [-0.2, 0) is 11.8 Å². The molecule has 0 atom stereocenters. The highest BCUT2D eigenvalue weighted by Gasteiger charge is 2.17. The van der Waals surface area contributed by atoms with Crippen molar-refractivity contribution in [1.82, 2.24) is 19.5 Å². The molecule has 5 rings (SSSR count). The van der Waals surface area contributed by atoms with Gasteiger partial charge in [-0.3, -0.25) is 0 Å². The zero-order valence-corrected chi connectivity index (χ0v) is 16.2. The van der Waals surface area contributed by atoms with Gasteiger partial charge >= 0.3 is 0 Å². The minimum atomic E-state index is 0.690. The molecule has 2 aromatic heterocycles. The molecular weight excluding hydrogens is 364 g/mol. The normalized spacial score (nSPS) is 14.3. The van der Waals surface area contributed by atoms with Crippen LogP contribution in [0.3, 0.4) is 0 Å². The number of anilines is 3. The highest BCUT2D eigenvalue weighted by molar-refractivity contribution is 5.82. The largest absolute Gasteiger partial charge is 0.378 e. The number of morpholine rings is 1. The molecule has 0 radical (unpaired) electrons. The Bertz CT molecular complexity index is 1130. The second-order valence-electron chi connectivity index (χ2n) is 7.09. The Hall–Kier alpha value is -3.45. The van der Waals surface area contributed by atoms with E-state index in [9.17, 15) is 0 Å². The predicted octanol–water partition coefficient (Wildman–Crippen LogP) is 3.61. The highest BCUT2D eigenvalue weighted by atomic mass is 16.5. The van der Waals surface area contributed by atoms with Crippen LogP contribution < -0.4 is 10.2 Å². The second kappa shape index (κ2) is 7.52. The van der Waals surface area contributed by atoms with E-state index in [1.807, 2.05) is 60.4 Å². The summed E-state index contributed by atoms with van der Waals surface area (Å²) in [5.74, 6) is 1.49. The van der Waals surface area contributed by atoms with Gasteiger partial charge in [-0.2, -0.15) is 4.98 Å². The van der Waals surface area contributed by atoms with E-state index in [1.165, 1.54) is 0 Å². The molecule has 1 fully saturated rings. The Kier molecular flexibility index (Phi) is 4.57. The molecule has 0 aliphatic carbocycles. The van der Waals surface area contributed by atoms with E-state index in [1.54, 1.807) is 0 Å². The van der Waals surface area contributed by atoms with Crippen LogP contribution >= 0.6 is 0 Å². The number of benzene rings is 2. The highest BCUT2D eigenvalue weighted by Crippen LogP contribution is 2.27. The van der Waals surface area contributed by atoms with E-state index >= 15 is 0 Å². The van der Waals surface area contributed by atoms with Gasteiger partial charge in [-0.1, -0.05) is 24.3 Å². The van der Waals surface area contributed by atoms with Gasteiger partial charge in [-0.05, 0) is 24.3 Å². The summed E-state index contributed by atoms with van der Waals surface area (Å²) in [6, 6.07) is 18.3. The standard InChI is InChI=1S/C22H22N6O/c1-27-15-23-18-8-7-16(13-20(18)27)19-14-21(24-17-5-3-2-4-6-17)26-22(25-19)28-9-11-29-12-10-28/h2-8,13-15H,9-12H2,1H3,(H,24,25,26). The number of para-hydroxylation sites is 1. The number of nitrogens with zero attached hydrogens (tertiary/aromatic N) is 5. The van der Waals surface area contributed by atoms with Crippen LogP contribution in [0.5, 0.6) is 0 Å². The van der Waals surface area contributed by atoms with Crippen molar-refractivity contribution < 1.29 is 4.74 Å². The molecule has 29 heavy (non-hydrogen) atoms.